The minimum Gasteiger partial charge on any atom is -0.375 e. The average molecular weight is 388 g/mol. The smallest absolute Gasteiger partial charge is 0.246 e. The standard InChI is InChI=1S/C21H19F3N2O2/c1-28-10-18(27)25-15-6-12(7-15)19-16-8-14(23)9-17(24)21(16)26-20(19)11-2-4-13(22)5-3-11/h2-5,8-9,12,15,26H,6-7,10H2,1H3,(H,25,27). The highest BCUT2D eigenvalue weighted by Crippen LogP contribution is 2.45. The summed E-state index contributed by atoms with van der Waals surface area (Å²) in [5.74, 6) is -1.87. The largest absolute Gasteiger partial charge is 0.375 e. The molecule has 1 aliphatic carbocycles. The molecular formula is C21H19F3N2O2. The van der Waals surface area contributed by atoms with Gasteiger partial charge in [0.05, 0.1) is 11.2 Å². The molecule has 0 spiro atoms. The van der Waals surface area contributed by atoms with Crippen LogP contribution in [-0.2, 0) is 9.53 Å². The number of ether oxygens (including phenoxy) is 1. The van der Waals surface area contributed by atoms with E-state index >= 15 is 0 Å². The number of rotatable bonds is 5. The van der Waals surface area contributed by atoms with E-state index < -0.39 is 11.6 Å². The molecule has 0 saturated heterocycles. The van der Waals surface area contributed by atoms with Gasteiger partial charge in [-0.05, 0) is 60.2 Å². The van der Waals surface area contributed by atoms with Gasteiger partial charge in [0.2, 0.25) is 5.91 Å². The van der Waals surface area contributed by atoms with Crippen LogP contribution < -0.4 is 5.32 Å². The Labute approximate surface area is 159 Å². The predicted octanol–water partition coefficient (Wildman–Crippen LogP) is 4.26. The number of carbonyl (C=O) groups is 1. The SMILES string of the molecule is COCC(=O)NC1CC(c2c(-c3ccc(F)cc3)[nH]c3c(F)cc(F)cc23)C1. The van der Waals surface area contributed by atoms with Crippen LogP contribution in [0, 0.1) is 17.5 Å². The van der Waals surface area contributed by atoms with Crippen molar-refractivity contribution in [2.45, 2.75) is 24.8 Å². The average Bonchev–Trinajstić information content (AvgIpc) is 2.98. The summed E-state index contributed by atoms with van der Waals surface area (Å²) in [5.41, 5.74) is 2.35. The van der Waals surface area contributed by atoms with Crippen LogP contribution in [-0.4, -0.2) is 30.6 Å². The molecule has 0 radical (unpaired) electrons. The van der Waals surface area contributed by atoms with Gasteiger partial charge in [0.15, 0.2) is 0 Å². The van der Waals surface area contributed by atoms with Gasteiger partial charge in [-0.25, -0.2) is 13.2 Å². The molecule has 0 atom stereocenters. The van der Waals surface area contributed by atoms with Crippen LogP contribution >= 0.6 is 0 Å². The Morgan fingerprint density at radius 2 is 1.86 bits per heavy atom. The maximum atomic E-state index is 14.3. The Morgan fingerprint density at radius 3 is 2.54 bits per heavy atom. The van der Waals surface area contributed by atoms with Crippen LogP contribution in [0.2, 0.25) is 0 Å². The number of aromatic amines is 1. The Balaban J connectivity index is 1.71. The zero-order valence-electron chi connectivity index (χ0n) is 15.2. The van der Waals surface area contributed by atoms with E-state index in [4.69, 9.17) is 4.74 Å². The molecule has 1 heterocycles. The molecule has 0 bridgehead atoms. The van der Waals surface area contributed by atoms with Gasteiger partial charge in [0, 0.05) is 24.6 Å². The Bertz CT molecular complexity index is 1020. The molecular weight excluding hydrogens is 369 g/mol. The van der Waals surface area contributed by atoms with E-state index in [2.05, 4.69) is 10.3 Å². The lowest BCUT2D eigenvalue weighted by atomic mass is 9.74. The molecule has 7 heteroatoms. The van der Waals surface area contributed by atoms with Gasteiger partial charge >= 0.3 is 0 Å². The molecule has 3 aromatic rings. The van der Waals surface area contributed by atoms with Crippen molar-refractivity contribution in [2.24, 2.45) is 0 Å². The Hall–Kier alpha value is -2.80. The molecule has 4 nitrogen and oxygen atoms in total. The highest BCUT2D eigenvalue weighted by molar-refractivity contribution is 5.92. The fourth-order valence-corrected chi connectivity index (χ4v) is 3.88. The van der Waals surface area contributed by atoms with Gasteiger partial charge in [-0.1, -0.05) is 0 Å². The summed E-state index contributed by atoms with van der Waals surface area (Å²) >= 11 is 0. The summed E-state index contributed by atoms with van der Waals surface area (Å²) < 4.78 is 46.4. The number of carbonyl (C=O) groups excluding carboxylic acids is 1. The first kappa shape index (κ1) is 18.6. The normalized spacial score (nSPS) is 18.9. The first-order chi connectivity index (χ1) is 13.5. The molecule has 28 heavy (non-hydrogen) atoms. The second-order valence-corrected chi connectivity index (χ2v) is 7.10. The van der Waals surface area contributed by atoms with Crippen molar-refractivity contribution in [3.63, 3.8) is 0 Å². The van der Waals surface area contributed by atoms with Gasteiger partial charge < -0.3 is 15.0 Å². The van der Waals surface area contributed by atoms with Crippen molar-refractivity contribution < 1.29 is 22.7 Å². The number of hydrogen-bond acceptors (Lipinski definition) is 2. The van der Waals surface area contributed by atoms with Crippen LogP contribution in [0.3, 0.4) is 0 Å². The lowest BCUT2D eigenvalue weighted by Gasteiger charge is -2.36. The van der Waals surface area contributed by atoms with Gasteiger partial charge in [-0.15, -0.1) is 0 Å². The van der Waals surface area contributed by atoms with Crippen LogP contribution in [0.15, 0.2) is 36.4 Å². The number of aromatic nitrogens is 1. The van der Waals surface area contributed by atoms with Crippen LogP contribution in [0.1, 0.15) is 24.3 Å². The van der Waals surface area contributed by atoms with Crippen molar-refractivity contribution in [1.82, 2.24) is 10.3 Å². The number of benzene rings is 2. The third kappa shape index (κ3) is 3.38. The van der Waals surface area contributed by atoms with Crippen LogP contribution in [0.25, 0.3) is 22.2 Å². The molecule has 4 rings (SSSR count). The summed E-state index contributed by atoms with van der Waals surface area (Å²) in [5, 5.41) is 3.35. The summed E-state index contributed by atoms with van der Waals surface area (Å²) in [4.78, 5) is 14.7. The zero-order valence-corrected chi connectivity index (χ0v) is 15.2. The number of amides is 1. The third-order valence-corrected chi connectivity index (χ3v) is 5.18. The molecule has 0 aliphatic heterocycles. The summed E-state index contributed by atoms with van der Waals surface area (Å²) in [6.45, 7) is -0.00843. The van der Waals surface area contributed by atoms with E-state index in [0.717, 1.165) is 11.6 Å². The molecule has 146 valence electrons. The van der Waals surface area contributed by atoms with Crippen molar-refractivity contribution >= 4 is 16.8 Å². The molecule has 2 aromatic carbocycles. The van der Waals surface area contributed by atoms with E-state index in [0.29, 0.717) is 29.5 Å². The third-order valence-electron chi connectivity index (χ3n) is 5.18. The number of methoxy groups -OCH3 is 1. The van der Waals surface area contributed by atoms with E-state index in [-0.39, 0.29) is 35.8 Å². The van der Waals surface area contributed by atoms with Crippen LogP contribution in [0.5, 0.6) is 0 Å². The maximum Gasteiger partial charge on any atom is 0.246 e. The monoisotopic (exact) mass is 388 g/mol. The second kappa shape index (κ2) is 7.31. The van der Waals surface area contributed by atoms with Crippen molar-refractivity contribution in [3.8, 4) is 11.3 Å². The quantitative estimate of drug-likeness (QED) is 0.686. The molecule has 1 aliphatic rings. The summed E-state index contributed by atoms with van der Waals surface area (Å²) in [6.07, 6.45) is 1.30. The predicted molar refractivity (Wildman–Crippen MR) is 99.4 cm³/mol. The fraction of sp³-hybridized carbons (Fsp3) is 0.286. The molecule has 2 N–H and O–H groups in total. The number of H-pyrrole nitrogens is 1. The maximum absolute atomic E-state index is 14.3. The second-order valence-electron chi connectivity index (χ2n) is 7.10. The fourth-order valence-electron chi connectivity index (χ4n) is 3.88. The zero-order chi connectivity index (χ0) is 19.8. The van der Waals surface area contributed by atoms with E-state index in [1.807, 2.05) is 0 Å². The van der Waals surface area contributed by atoms with Crippen molar-refractivity contribution in [2.75, 3.05) is 13.7 Å². The lowest BCUT2D eigenvalue weighted by molar-refractivity contribution is -0.126. The lowest BCUT2D eigenvalue weighted by Crippen LogP contribution is -2.44. The van der Waals surface area contributed by atoms with E-state index in [1.165, 1.54) is 25.3 Å². The molecule has 1 amide bonds. The number of nitrogens with one attached hydrogen (secondary N) is 2. The van der Waals surface area contributed by atoms with E-state index in [9.17, 15) is 18.0 Å². The first-order valence-corrected chi connectivity index (χ1v) is 9.01. The van der Waals surface area contributed by atoms with Gasteiger partial charge in [-0.3, -0.25) is 4.79 Å². The molecule has 1 fully saturated rings. The number of halogens is 3. The van der Waals surface area contributed by atoms with Crippen molar-refractivity contribution in [3.05, 3.63) is 59.4 Å². The van der Waals surface area contributed by atoms with Gasteiger partial charge in [0.1, 0.15) is 24.1 Å². The van der Waals surface area contributed by atoms with Crippen molar-refractivity contribution in [1.29, 1.82) is 0 Å². The van der Waals surface area contributed by atoms with Crippen LogP contribution in [0.4, 0.5) is 13.2 Å². The summed E-state index contributed by atoms with van der Waals surface area (Å²) in [6, 6.07) is 8.01. The molecule has 1 saturated carbocycles. The van der Waals surface area contributed by atoms with E-state index in [1.54, 1.807) is 12.1 Å². The number of fused-ring (bicyclic) bond motifs is 1. The first-order valence-electron chi connectivity index (χ1n) is 9.01. The highest BCUT2D eigenvalue weighted by Gasteiger charge is 2.35. The molecule has 0 unspecified atom stereocenters. The van der Waals surface area contributed by atoms with Gasteiger partial charge in [-0.2, -0.15) is 0 Å². The minimum atomic E-state index is -0.672. The highest BCUT2D eigenvalue weighted by atomic mass is 19.1. The topological polar surface area (TPSA) is 54.1 Å². The minimum absolute atomic E-state index is 0.00843. The summed E-state index contributed by atoms with van der Waals surface area (Å²) in [7, 11) is 1.45. The number of hydrogen-bond donors (Lipinski definition) is 2. The Kier molecular flexibility index (Phi) is 4.85. The molecule has 1 aromatic heterocycles. The van der Waals surface area contributed by atoms with Gasteiger partial charge in [0.25, 0.3) is 0 Å². The Morgan fingerprint density at radius 1 is 1.14 bits per heavy atom.